The zero-order valence-corrected chi connectivity index (χ0v) is 11.0. The Labute approximate surface area is 114 Å². The molecule has 0 fully saturated rings. The number of hydrogen-bond donors (Lipinski definition) is 1. The third-order valence-corrected chi connectivity index (χ3v) is 3.33. The number of rotatable bonds is 4. The predicted molar refractivity (Wildman–Crippen MR) is 75.6 cm³/mol. The average molecular weight is 251 g/mol. The highest BCUT2D eigenvalue weighted by molar-refractivity contribution is 5.45. The summed E-state index contributed by atoms with van der Waals surface area (Å²) >= 11 is 0. The van der Waals surface area contributed by atoms with Gasteiger partial charge in [-0.3, -0.25) is 0 Å². The minimum atomic E-state index is -0.795. The van der Waals surface area contributed by atoms with Crippen LogP contribution in [0.15, 0.2) is 60.7 Å². The largest absolute Gasteiger partial charge is 0.393 e. The first-order valence-corrected chi connectivity index (χ1v) is 6.39. The molecule has 0 aromatic heterocycles. The first kappa shape index (κ1) is 13.3. The van der Waals surface area contributed by atoms with Gasteiger partial charge in [0.2, 0.25) is 0 Å². The van der Waals surface area contributed by atoms with Gasteiger partial charge in [-0.25, -0.2) is 0 Å². The molecule has 19 heavy (non-hydrogen) atoms. The summed E-state index contributed by atoms with van der Waals surface area (Å²) in [6.07, 6.45) is -0.155. The summed E-state index contributed by atoms with van der Waals surface area (Å²) in [5.41, 5.74) is 1.05. The van der Waals surface area contributed by atoms with Gasteiger partial charge in [0.05, 0.1) is 12.2 Å². The summed E-state index contributed by atoms with van der Waals surface area (Å²) in [4.78, 5) is 0. The Morgan fingerprint density at radius 3 is 1.74 bits per heavy atom. The molecule has 0 radical (unpaired) electrons. The van der Waals surface area contributed by atoms with Gasteiger partial charge in [0.1, 0.15) is 5.41 Å². The number of hydrogen-bond acceptors (Lipinski definition) is 2. The van der Waals surface area contributed by atoms with Gasteiger partial charge in [0.15, 0.2) is 0 Å². The van der Waals surface area contributed by atoms with Gasteiger partial charge in [-0.1, -0.05) is 60.7 Å². The zero-order chi connectivity index (χ0) is 13.7. The van der Waals surface area contributed by atoms with E-state index in [2.05, 4.69) is 6.07 Å². The van der Waals surface area contributed by atoms with E-state index < -0.39 is 11.5 Å². The summed E-state index contributed by atoms with van der Waals surface area (Å²) in [5.74, 6) is 0. The monoisotopic (exact) mass is 251 g/mol. The van der Waals surface area contributed by atoms with Gasteiger partial charge in [-0.15, -0.1) is 0 Å². The maximum atomic E-state index is 9.79. The van der Waals surface area contributed by atoms with Crippen LogP contribution >= 0.6 is 0 Å². The van der Waals surface area contributed by atoms with Crippen molar-refractivity contribution in [2.24, 2.45) is 0 Å². The van der Waals surface area contributed by atoms with Crippen molar-refractivity contribution < 1.29 is 5.11 Å². The summed E-state index contributed by atoms with van der Waals surface area (Å²) in [6.45, 7) is 1.72. The minimum absolute atomic E-state index is 0.386. The molecule has 1 N–H and O–H groups in total. The predicted octanol–water partition coefficient (Wildman–Crippen LogP) is 3.27. The summed E-state index contributed by atoms with van der Waals surface area (Å²) < 4.78 is 0. The molecule has 1 atom stereocenters. The van der Waals surface area contributed by atoms with Crippen molar-refractivity contribution >= 4 is 0 Å². The lowest BCUT2D eigenvalue weighted by atomic mass is 9.72. The molecule has 0 aliphatic carbocycles. The van der Waals surface area contributed by atoms with E-state index in [1.165, 1.54) is 0 Å². The zero-order valence-electron chi connectivity index (χ0n) is 11.0. The smallest absolute Gasteiger partial charge is 0.110 e. The molecule has 2 aromatic rings. The number of benzene rings is 2. The second kappa shape index (κ2) is 5.69. The second-order valence-corrected chi connectivity index (χ2v) is 4.80. The molecule has 0 saturated carbocycles. The Hall–Kier alpha value is -2.11. The Kier molecular flexibility index (Phi) is 3.99. The van der Waals surface area contributed by atoms with Gasteiger partial charge < -0.3 is 5.11 Å². The lowest BCUT2D eigenvalue weighted by molar-refractivity contribution is 0.169. The van der Waals surface area contributed by atoms with Crippen molar-refractivity contribution in [3.05, 3.63) is 71.8 Å². The van der Waals surface area contributed by atoms with E-state index in [4.69, 9.17) is 0 Å². The van der Waals surface area contributed by atoms with E-state index in [0.717, 1.165) is 11.1 Å². The summed E-state index contributed by atoms with van der Waals surface area (Å²) in [6, 6.07) is 21.7. The maximum absolute atomic E-state index is 9.79. The van der Waals surface area contributed by atoms with Crippen LogP contribution in [0.25, 0.3) is 0 Å². The molecule has 96 valence electrons. The van der Waals surface area contributed by atoms with Crippen LogP contribution in [0, 0.1) is 11.3 Å². The van der Waals surface area contributed by atoms with Crippen LogP contribution < -0.4 is 0 Å². The average Bonchev–Trinajstić information content (AvgIpc) is 2.46. The van der Waals surface area contributed by atoms with Crippen molar-refractivity contribution in [1.29, 1.82) is 5.26 Å². The third kappa shape index (κ3) is 2.67. The number of nitrogens with zero attached hydrogens (tertiary/aromatic N) is 1. The van der Waals surface area contributed by atoms with Crippen LogP contribution in [0.2, 0.25) is 0 Å². The van der Waals surface area contributed by atoms with Crippen LogP contribution in [-0.4, -0.2) is 11.2 Å². The lowest BCUT2D eigenvalue weighted by Gasteiger charge is -2.29. The van der Waals surface area contributed by atoms with Gasteiger partial charge in [-0.05, 0) is 24.5 Å². The quantitative estimate of drug-likeness (QED) is 0.906. The molecule has 0 heterocycles. The Morgan fingerprint density at radius 1 is 1.00 bits per heavy atom. The van der Waals surface area contributed by atoms with E-state index in [0.29, 0.717) is 6.42 Å². The molecule has 2 heteroatoms. The van der Waals surface area contributed by atoms with E-state index in [1.807, 2.05) is 60.7 Å². The molecule has 0 aliphatic heterocycles. The van der Waals surface area contributed by atoms with Crippen LogP contribution in [-0.2, 0) is 5.41 Å². The van der Waals surface area contributed by atoms with Gasteiger partial charge >= 0.3 is 0 Å². The topological polar surface area (TPSA) is 44.0 Å². The Bertz CT molecular complexity index is 515. The second-order valence-electron chi connectivity index (χ2n) is 4.80. The molecule has 2 nitrogen and oxygen atoms in total. The maximum Gasteiger partial charge on any atom is 0.110 e. The van der Waals surface area contributed by atoms with Crippen LogP contribution in [0.5, 0.6) is 0 Å². The van der Waals surface area contributed by atoms with E-state index in [9.17, 15) is 10.4 Å². The van der Waals surface area contributed by atoms with Crippen LogP contribution in [0.3, 0.4) is 0 Å². The molecule has 2 rings (SSSR count). The number of nitriles is 1. The van der Waals surface area contributed by atoms with Crippen LogP contribution in [0.4, 0.5) is 0 Å². The van der Waals surface area contributed by atoms with E-state index >= 15 is 0 Å². The normalized spacial score (nSPS) is 12.7. The van der Waals surface area contributed by atoms with Crippen molar-refractivity contribution in [3.8, 4) is 6.07 Å². The van der Waals surface area contributed by atoms with Crippen LogP contribution in [0.1, 0.15) is 24.5 Å². The molecule has 0 saturated heterocycles. The van der Waals surface area contributed by atoms with Gasteiger partial charge in [-0.2, -0.15) is 5.26 Å². The summed E-state index contributed by atoms with van der Waals surface area (Å²) in [7, 11) is 0. The van der Waals surface area contributed by atoms with E-state index in [1.54, 1.807) is 6.92 Å². The van der Waals surface area contributed by atoms with E-state index in [-0.39, 0.29) is 0 Å². The lowest BCUT2D eigenvalue weighted by Crippen LogP contribution is -2.30. The fourth-order valence-corrected chi connectivity index (χ4v) is 2.47. The molecule has 0 amide bonds. The molecule has 0 unspecified atom stereocenters. The van der Waals surface area contributed by atoms with Crippen molar-refractivity contribution in [3.63, 3.8) is 0 Å². The highest BCUT2D eigenvalue weighted by Crippen LogP contribution is 2.36. The molecule has 2 aromatic carbocycles. The Balaban J connectivity index is 2.59. The first-order chi connectivity index (χ1) is 9.19. The third-order valence-electron chi connectivity index (χ3n) is 3.33. The number of aliphatic hydroxyl groups is 1. The molecule has 0 aliphatic rings. The molecule has 0 bridgehead atoms. The molecule has 0 spiro atoms. The summed E-state index contributed by atoms with van der Waals surface area (Å²) in [5, 5.41) is 19.6. The first-order valence-electron chi connectivity index (χ1n) is 6.39. The van der Waals surface area contributed by atoms with Crippen molar-refractivity contribution in [2.45, 2.75) is 24.9 Å². The molecular formula is C17H17NO. The fourth-order valence-electron chi connectivity index (χ4n) is 2.47. The highest BCUT2D eigenvalue weighted by Gasteiger charge is 2.35. The van der Waals surface area contributed by atoms with Crippen molar-refractivity contribution in [2.75, 3.05) is 0 Å². The van der Waals surface area contributed by atoms with Gasteiger partial charge in [0, 0.05) is 0 Å². The Morgan fingerprint density at radius 2 is 1.42 bits per heavy atom. The van der Waals surface area contributed by atoms with Crippen molar-refractivity contribution in [1.82, 2.24) is 0 Å². The standard InChI is InChI=1S/C17H17NO/c1-14(19)12-17(13-18,15-8-4-2-5-9-15)16-10-6-3-7-11-16/h2-11,14,19H,12H2,1H3/t14-/m0/s1. The molecular weight excluding hydrogens is 234 g/mol. The van der Waals surface area contributed by atoms with Gasteiger partial charge in [0.25, 0.3) is 0 Å². The fraction of sp³-hybridized carbons (Fsp3) is 0.235. The number of aliphatic hydroxyl groups excluding tert-OH is 1. The highest BCUT2D eigenvalue weighted by atomic mass is 16.3. The minimum Gasteiger partial charge on any atom is -0.393 e. The SMILES string of the molecule is C[C@H](O)CC(C#N)(c1ccccc1)c1ccccc1.